The van der Waals surface area contributed by atoms with Gasteiger partial charge < -0.3 is 19.9 Å². The Morgan fingerprint density at radius 1 is 0.820 bits per heavy atom. The smallest absolute Gasteiger partial charge is 0.260 e. The quantitative estimate of drug-likeness (QED) is 0.103. The van der Waals surface area contributed by atoms with E-state index >= 15 is 9.59 Å². The van der Waals surface area contributed by atoms with E-state index in [1.807, 2.05) is 60.7 Å². The average Bonchev–Trinajstić information content (AvgIpc) is 3.65. The summed E-state index contributed by atoms with van der Waals surface area (Å²) in [7, 11) is 1.55. The third-order valence-electron chi connectivity index (χ3n) is 12.9. The summed E-state index contributed by atoms with van der Waals surface area (Å²) in [6.07, 6.45) is 4.26. The lowest BCUT2D eigenvalue weighted by atomic mass is 9.48. The highest BCUT2D eigenvalue weighted by molar-refractivity contribution is 6.36. The number of hydrazine groups is 1. The number of anilines is 4. The van der Waals surface area contributed by atoms with E-state index in [-0.39, 0.29) is 41.8 Å². The Morgan fingerprint density at radius 2 is 1.57 bits per heavy atom. The first-order chi connectivity index (χ1) is 29.6. The molecule has 0 unspecified atom stereocenters. The van der Waals surface area contributed by atoms with Crippen LogP contribution in [0.3, 0.4) is 0 Å². The number of phenolic OH excluding ortho intramolecular Hbond substituents is 1. The van der Waals surface area contributed by atoms with E-state index in [1.54, 1.807) is 68.0 Å². The zero-order chi connectivity index (χ0) is 42.2. The molecule has 3 aliphatic heterocycles. The van der Waals surface area contributed by atoms with Crippen molar-refractivity contribution in [2.45, 2.75) is 24.7 Å². The number of fused-ring (bicyclic) bond motifs is 5. The van der Waals surface area contributed by atoms with Crippen LogP contribution >= 0.6 is 23.2 Å². The molecule has 0 aromatic heterocycles. The molecule has 3 heterocycles. The highest BCUT2D eigenvalue weighted by atomic mass is 35.5. The highest BCUT2D eigenvalue weighted by Gasteiger charge is 2.71. The maximum atomic E-state index is 15.6. The predicted octanol–water partition coefficient (Wildman–Crippen LogP) is 8.99. The first kappa shape index (κ1) is 38.6. The Morgan fingerprint density at radius 3 is 2.31 bits per heavy atom. The summed E-state index contributed by atoms with van der Waals surface area (Å²) in [5.41, 5.74) is 6.63. The van der Waals surface area contributed by atoms with Crippen molar-refractivity contribution >= 4 is 69.6 Å². The summed E-state index contributed by atoms with van der Waals surface area (Å²) < 4.78 is 11.8. The van der Waals surface area contributed by atoms with Gasteiger partial charge in [0.05, 0.1) is 52.9 Å². The number of para-hydroxylation sites is 1. The van der Waals surface area contributed by atoms with Gasteiger partial charge in [-0.05, 0) is 115 Å². The van der Waals surface area contributed by atoms with Crippen LogP contribution in [-0.2, 0) is 31.0 Å². The fourth-order valence-electron chi connectivity index (χ4n) is 10.3. The molecule has 5 aromatic carbocycles. The lowest BCUT2D eigenvalue weighted by Crippen LogP contribution is -2.55. The van der Waals surface area contributed by atoms with Gasteiger partial charge in [-0.2, -0.15) is 5.01 Å². The molecule has 0 bridgehead atoms. The van der Waals surface area contributed by atoms with Crippen molar-refractivity contribution in [2.75, 3.05) is 22.8 Å². The SMILES string of the molecule is COc1ccc([C@@]23C(=O)N(Nc4ccc(Cl)cc4Cl)C(=O)[C@@H]2C[C@@H]2C(=CC[C@@H]4C(=O)N(c5ccc(Nc6ccccc6)cc5)C(=O)[C@@H]42)[C@@H]3C2=COc3ccc(O)cc3C2)cc1. The molecule has 2 saturated heterocycles. The number of benzene rings is 5. The highest BCUT2D eigenvalue weighted by Crippen LogP contribution is 2.63. The number of nitrogens with zero attached hydrogens (tertiary/aromatic N) is 2. The summed E-state index contributed by atoms with van der Waals surface area (Å²) in [5.74, 6) is -4.43. The number of hydrogen-bond donors (Lipinski definition) is 3. The van der Waals surface area contributed by atoms with Crippen molar-refractivity contribution in [3.05, 3.63) is 160 Å². The number of ether oxygens (including phenoxy) is 2. The first-order valence-electron chi connectivity index (χ1n) is 20.0. The number of aromatic hydroxyl groups is 1. The number of phenols is 1. The van der Waals surface area contributed by atoms with Gasteiger partial charge >= 0.3 is 0 Å². The van der Waals surface area contributed by atoms with Gasteiger partial charge in [-0.15, -0.1) is 0 Å². The summed E-state index contributed by atoms with van der Waals surface area (Å²) in [6, 6.07) is 33.6. The zero-order valence-corrected chi connectivity index (χ0v) is 34.2. The number of carbonyl (C=O) groups is 4. The fourth-order valence-corrected chi connectivity index (χ4v) is 10.7. The number of amides is 4. The van der Waals surface area contributed by atoms with Crippen LogP contribution in [0, 0.1) is 29.6 Å². The van der Waals surface area contributed by atoms with E-state index in [1.165, 1.54) is 11.0 Å². The number of rotatable bonds is 8. The van der Waals surface area contributed by atoms with Crippen molar-refractivity contribution in [1.82, 2.24) is 5.01 Å². The Bertz CT molecular complexity index is 2710. The van der Waals surface area contributed by atoms with Crippen LogP contribution in [0.15, 0.2) is 139 Å². The fraction of sp³-hybridized carbons (Fsp3) is 0.208. The second kappa shape index (κ2) is 14.9. The molecule has 11 nitrogen and oxygen atoms in total. The molecule has 13 heteroatoms. The lowest BCUT2D eigenvalue weighted by Gasteiger charge is -2.51. The average molecular weight is 854 g/mol. The van der Waals surface area contributed by atoms with Gasteiger partial charge in [0.15, 0.2) is 0 Å². The molecule has 0 spiro atoms. The van der Waals surface area contributed by atoms with Crippen LogP contribution in [0.4, 0.5) is 22.7 Å². The summed E-state index contributed by atoms with van der Waals surface area (Å²) >= 11 is 12.8. The van der Waals surface area contributed by atoms with E-state index in [2.05, 4.69) is 10.7 Å². The molecule has 61 heavy (non-hydrogen) atoms. The molecule has 6 atom stereocenters. The lowest BCUT2D eigenvalue weighted by molar-refractivity contribution is -0.139. The van der Waals surface area contributed by atoms with Gasteiger partial charge in [0, 0.05) is 34.3 Å². The van der Waals surface area contributed by atoms with Crippen molar-refractivity contribution in [1.29, 1.82) is 0 Å². The first-order valence-corrected chi connectivity index (χ1v) is 20.7. The minimum absolute atomic E-state index is 0.0500. The maximum absolute atomic E-state index is 15.6. The van der Waals surface area contributed by atoms with E-state index < -0.39 is 46.8 Å². The Hall–Kier alpha value is -6.56. The minimum atomic E-state index is -1.55. The van der Waals surface area contributed by atoms with E-state index in [4.69, 9.17) is 32.7 Å². The number of carbonyl (C=O) groups excluding carboxylic acids is 4. The van der Waals surface area contributed by atoms with E-state index in [0.717, 1.165) is 22.0 Å². The van der Waals surface area contributed by atoms with Crippen LogP contribution in [0.5, 0.6) is 17.2 Å². The number of methoxy groups -OCH3 is 1. The molecule has 3 fully saturated rings. The second-order valence-electron chi connectivity index (χ2n) is 16.0. The van der Waals surface area contributed by atoms with Crippen molar-refractivity contribution < 1.29 is 33.8 Å². The van der Waals surface area contributed by atoms with Gasteiger partial charge in [-0.3, -0.25) is 29.5 Å². The molecule has 4 amide bonds. The van der Waals surface area contributed by atoms with Crippen LogP contribution in [0.2, 0.25) is 10.0 Å². The molecule has 0 radical (unpaired) electrons. The Labute approximate surface area is 361 Å². The number of imide groups is 2. The molecule has 5 aromatic rings. The van der Waals surface area contributed by atoms with Crippen molar-refractivity contribution in [2.24, 2.45) is 29.6 Å². The number of nitrogens with one attached hydrogen (secondary N) is 2. The normalized spacial score (nSPS) is 25.1. The van der Waals surface area contributed by atoms with Crippen molar-refractivity contribution in [3.63, 3.8) is 0 Å². The molecule has 2 aliphatic carbocycles. The topological polar surface area (TPSA) is 138 Å². The summed E-state index contributed by atoms with van der Waals surface area (Å²) in [6.45, 7) is 0. The molecule has 10 rings (SSSR count). The summed E-state index contributed by atoms with van der Waals surface area (Å²) in [4.78, 5) is 61.3. The van der Waals surface area contributed by atoms with Gasteiger partial charge in [0.25, 0.3) is 11.8 Å². The second-order valence-corrected chi connectivity index (χ2v) is 16.9. The van der Waals surface area contributed by atoms with Gasteiger partial charge in [-0.25, -0.2) is 0 Å². The number of hydrogen-bond acceptors (Lipinski definition) is 9. The maximum Gasteiger partial charge on any atom is 0.260 e. The van der Waals surface area contributed by atoms with Gasteiger partial charge in [-0.1, -0.05) is 65.2 Å². The molecule has 1 saturated carbocycles. The predicted molar refractivity (Wildman–Crippen MR) is 231 cm³/mol. The number of allylic oxidation sites excluding steroid dienone is 3. The monoisotopic (exact) mass is 852 g/mol. The molecular formula is C48H38Cl2N4O7. The van der Waals surface area contributed by atoms with E-state index in [0.29, 0.717) is 44.6 Å². The third-order valence-corrected chi connectivity index (χ3v) is 13.5. The zero-order valence-electron chi connectivity index (χ0n) is 32.7. The molecular weight excluding hydrogens is 815 g/mol. The summed E-state index contributed by atoms with van der Waals surface area (Å²) in [5, 5.41) is 15.5. The van der Waals surface area contributed by atoms with Crippen LogP contribution in [0.1, 0.15) is 24.0 Å². The number of halogens is 2. The standard InChI is InChI=1S/C48H38Cl2N4O7/c1-60-34-15-7-28(8-16-34)48-38(45(57)54(47(48)59)52-40-19-9-29(49)23-39(40)50)24-37-35(43(48)27-21-26-22-33(55)14-20-41(26)61-25-27)17-18-36-42(37)46(58)53(44(36)56)32-12-10-31(11-13-32)51-30-5-3-2-4-6-30/h2-17,19-20,22-23,25,36-38,42-43,51-52,55H,18,21,24H2,1H3/t36-,37+,38-,42-,43-,48+/m0/s1. The molecule has 5 aliphatic rings. The van der Waals surface area contributed by atoms with E-state index in [9.17, 15) is 14.7 Å². The molecule has 3 N–H and O–H groups in total. The Kier molecular flexibility index (Phi) is 9.41. The van der Waals surface area contributed by atoms with Gasteiger partial charge in [0.1, 0.15) is 17.2 Å². The van der Waals surface area contributed by atoms with Gasteiger partial charge in [0.2, 0.25) is 11.8 Å². The molecule has 306 valence electrons. The third kappa shape index (κ3) is 6.17. The van der Waals surface area contributed by atoms with Crippen LogP contribution in [0.25, 0.3) is 0 Å². The Balaban J connectivity index is 1.09. The van der Waals surface area contributed by atoms with Crippen LogP contribution in [-0.4, -0.2) is 40.9 Å². The van der Waals surface area contributed by atoms with Crippen LogP contribution < -0.4 is 25.1 Å². The van der Waals surface area contributed by atoms with Crippen molar-refractivity contribution in [3.8, 4) is 17.2 Å². The minimum Gasteiger partial charge on any atom is -0.508 e. The largest absolute Gasteiger partial charge is 0.508 e.